The van der Waals surface area contributed by atoms with Gasteiger partial charge in [-0.15, -0.1) is 0 Å². The average molecular weight is 277 g/mol. The van der Waals surface area contributed by atoms with Gasteiger partial charge in [0.2, 0.25) is 0 Å². The first kappa shape index (κ1) is 13.6. The Labute approximate surface area is 119 Å². The fourth-order valence-corrected chi connectivity index (χ4v) is 3.58. The molecule has 5 nitrogen and oxygen atoms in total. The van der Waals surface area contributed by atoms with Crippen LogP contribution in [0.1, 0.15) is 43.6 Å². The molecule has 0 radical (unpaired) electrons. The Morgan fingerprint density at radius 3 is 3.05 bits per heavy atom. The zero-order valence-corrected chi connectivity index (χ0v) is 12.1. The van der Waals surface area contributed by atoms with Crippen molar-refractivity contribution in [1.82, 2.24) is 14.5 Å². The SMILES string of the molecule is CCN1CCCC(c2ncc3n2CCC(C(=O)O)C3)C1. The number of carboxylic acid groups (broad SMARTS) is 1. The van der Waals surface area contributed by atoms with Gasteiger partial charge in [-0.1, -0.05) is 6.92 Å². The summed E-state index contributed by atoms with van der Waals surface area (Å²) in [6.07, 6.45) is 5.70. The molecule has 2 aliphatic rings. The van der Waals surface area contributed by atoms with Crippen molar-refractivity contribution in [3.63, 3.8) is 0 Å². The average Bonchev–Trinajstić information content (AvgIpc) is 2.90. The van der Waals surface area contributed by atoms with E-state index in [2.05, 4.69) is 21.4 Å². The quantitative estimate of drug-likeness (QED) is 0.914. The van der Waals surface area contributed by atoms with Crippen molar-refractivity contribution >= 4 is 5.97 Å². The largest absolute Gasteiger partial charge is 0.481 e. The van der Waals surface area contributed by atoms with Crippen molar-refractivity contribution in [2.75, 3.05) is 19.6 Å². The number of aromatic nitrogens is 2. The van der Waals surface area contributed by atoms with Gasteiger partial charge in [-0.05, 0) is 32.4 Å². The van der Waals surface area contributed by atoms with Crippen molar-refractivity contribution in [1.29, 1.82) is 0 Å². The monoisotopic (exact) mass is 277 g/mol. The van der Waals surface area contributed by atoms with Crippen LogP contribution in [0, 0.1) is 5.92 Å². The van der Waals surface area contributed by atoms with E-state index < -0.39 is 5.97 Å². The van der Waals surface area contributed by atoms with Crippen LogP contribution in [0.15, 0.2) is 6.20 Å². The highest BCUT2D eigenvalue weighted by molar-refractivity contribution is 5.70. The van der Waals surface area contributed by atoms with E-state index >= 15 is 0 Å². The van der Waals surface area contributed by atoms with Gasteiger partial charge in [-0.2, -0.15) is 0 Å². The molecule has 3 heterocycles. The van der Waals surface area contributed by atoms with Crippen molar-refractivity contribution in [3.05, 3.63) is 17.7 Å². The lowest BCUT2D eigenvalue weighted by Gasteiger charge is -2.32. The van der Waals surface area contributed by atoms with Crippen LogP contribution in [-0.2, 0) is 17.8 Å². The van der Waals surface area contributed by atoms with Gasteiger partial charge in [0.05, 0.1) is 5.92 Å². The molecule has 0 saturated carbocycles. The number of carbonyl (C=O) groups is 1. The summed E-state index contributed by atoms with van der Waals surface area (Å²) in [5.74, 6) is 0.792. The van der Waals surface area contributed by atoms with Gasteiger partial charge in [0.1, 0.15) is 5.82 Å². The lowest BCUT2D eigenvalue weighted by Crippen LogP contribution is -2.35. The molecule has 2 aliphatic heterocycles. The number of carboxylic acids is 1. The van der Waals surface area contributed by atoms with Gasteiger partial charge < -0.3 is 14.6 Å². The fraction of sp³-hybridized carbons (Fsp3) is 0.733. The van der Waals surface area contributed by atoms with E-state index in [4.69, 9.17) is 5.11 Å². The minimum absolute atomic E-state index is 0.231. The first-order valence-electron chi connectivity index (χ1n) is 7.68. The predicted molar refractivity (Wildman–Crippen MR) is 75.8 cm³/mol. The third-order valence-electron chi connectivity index (χ3n) is 4.79. The van der Waals surface area contributed by atoms with Gasteiger partial charge in [-0.3, -0.25) is 4.79 Å². The zero-order valence-electron chi connectivity index (χ0n) is 12.1. The first-order chi connectivity index (χ1) is 9.69. The topological polar surface area (TPSA) is 58.4 Å². The van der Waals surface area contributed by atoms with Gasteiger partial charge >= 0.3 is 5.97 Å². The summed E-state index contributed by atoms with van der Waals surface area (Å²) in [5.41, 5.74) is 1.10. The van der Waals surface area contributed by atoms with E-state index in [9.17, 15) is 4.79 Å². The maximum absolute atomic E-state index is 11.1. The van der Waals surface area contributed by atoms with Crippen LogP contribution in [0.5, 0.6) is 0 Å². The molecule has 1 saturated heterocycles. The van der Waals surface area contributed by atoms with Crippen LogP contribution in [0.2, 0.25) is 0 Å². The Morgan fingerprint density at radius 2 is 2.30 bits per heavy atom. The van der Waals surface area contributed by atoms with E-state index in [0.717, 1.165) is 31.7 Å². The lowest BCUT2D eigenvalue weighted by atomic mass is 9.94. The lowest BCUT2D eigenvalue weighted by molar-refractivity contribution is -0.142. The predicted octanol–water partition coefficient (Wildman–Crippen LogP) is 1.73. The van der Waals surface area contributed by atoms with Crippen molar-refractivity contribution in [2.24, 2.45) is 5.92 Å². The fourth-order valence-electron chi connectivity index (χ4n) is 3.58. The molecule has 0 bridgehead atoms. The van der Waals surface area contributed by atoms with Crippen molar-refractivity contribution < 1.29 is 9.90 Å². The van der Waals surface area contributed by atoms with Crippen molar-refractivity contribution in [2.45, 2.75) is 45.1 Å². The highest BCUT2D eigenvalue weighted by Gasteiger charge is 2.30. The third-order valence-corrected chi connectivity index (χ3v) is 4.79. The first-order valence-corrected chi connectivity index (χ1v) is 7.68. The van der Waals surface area contributed by atoms with E-state index in [1.807, 2.05) is 6.20 Å². The van der Waals surface area contributed by atoms with E-state index in [1.165, 1.54) is 25.2 Å². The number of likely N-dealkylation sites (N-methyl/N-ethyl adjacent to an activating group) is 1. The highest BCUT2D eigenvalue weighted by Crippen LogP contribution is 2.30. The number of aliphatic carboxylic acids is 1. The number of nitrogens with zero attached hydrogens (tertiary/aromatic N) is 3. The van der Waals surface area contributed by atoms with Crippen LogP contribution in [0.3, 0.4) is 0 Å². The number of fused-ring (bicyclic) bond motifs is 1. The molecule has 5 heteroatoms. The molecular formula is C15H23N3O2. The van der Waals surface area contributed by atoms with Crippen LogP contribution in [-0.4, -0.2) is 45.2 Å². The number of imidazole rings is 1. The van der Waals surface area contributed by atoms with E-state index in [1.54, 1.807) is 0 Å². The zero-order chi connectivity index (χ0) is 14.1. The Balaban J connectivity index is 1.78. The minimum Gasteiger partial charge on any atom is -0.481 e. The Kier molecular flexibility index (Phi) is 3.78. The number of rotatable bonds is 3. The summed E-state index contributed by atoms with van der Waals surface area (Å²) in [4.78, 5) is 18.2. The smallest absolute Gasteiger partial charge is 0.306 e. The molecule has 0 aromatic carbocycles. The summed E-state index contributed by atoms with van der Waals surface area (Å²) < 4.78 is 2.28. The summed E-state index contributed by atoms with van der Waals surface area (Å²) in [5, 5.41) is 9.15. The summed E-state index contributed by atoms with van der Waals surface area (Å²) in [6.45, 7) is 6.41. The Hall–Kier alpha value is -1.36. The molecule has 1 fully saturated rings. The molecule has 2 atom stereocenters. The number of hydrogen-bond acceptors (Lipinski definition) is 3. The van der Waals surface area contributed by atoms with E-state index in [0.29, 0.717) is 12.3 Å². The summed E-state index contributed by atoms with van der Waals surface area (Å²) in [7, 11) is 0. The number of piperidine rings is 1. The molecule has 1 aromatic rings. The second-order valence-corrected chi connectivity index (χ2v) is 6.02. The maximum Gasteiger partial charge on any atom is 0.306 e. The van der Waals surface area contributed by atoms with Crippen LogP contribution < -0.4 is 0 Å². The molecule has 0 spiro atoms. The molecule has 20 heavy (non-hydrogen) atoms. The number of likely N-dealkylation sites (tertiary alicyclic amines) is 1. The Morgan fingerprint density at radius 1 is 1.45 bits per heavy atom. The van der Waals surface area contributed by atoms with Crippen LogP contribution >= 0.6 is 0 Å². The van der Waals surface area contributed by atoms with Gasteiger partial charge in [-0.25, -0.2) is 4.98 Å². The minimum atomic E-state index is -0.672. The van der Waals surface area contributed by atoms with Gasteiger partial charge in [0.15, 0.2) is 0 Å². The molecule has 1 N–H and O–H groups in total. The summed E-state index contributed by atoms with van der Waals surface area (Å²) in [6, 6.07) is 0. The normalized spacial score (nSPS) is 27.2. The molecule has 0 aliphatic carbocycles. The molecule has 2 unspecified atom stereocenters. The van der Waals surface area contributed by atoms with Crippen LogP contribution in [0.4, 0.5) is 0 Å². The molecule has 0 amide bonds. The second-order valence-electron chi connectivity index (χ2n) is 6.02. The third kappa shape index (κ3) is 2.46. The number of hydrogen-bond donors (Lipinski definition) is 1. The van der Waals surface area contributed by atoms with E-state index in [-0.39, 0.29) is 5.92 Å². The van der Waals surface area contributed by atoms with Crippen molar-refractivity contribution in [3.8, 4) is 0 Å². The molecule has 1 aromatic heterocycles. The molecule has 3 rings (SSSR count). The molecule has 110 valence electrons. The highest BCUT2D eigenvalue weighted by atomic mass is 16.4. The van der Waals surface area contributed by atoms with Gasteiger partial charge in [0.25, 0.3) is 0 Å². The maximum atomic E-state index is 11.1. The standard InChI is InChI=1S/C15H23N3O2/c1-2-17-6-3-4-12(10-17)14-16-9-13-8-11(15(19)20)5-7-18(13)14/h9,11-12H,2-8,10H2,1H3,(H,19,20). The van der Waals surface area contributed by atoms with Crippen LogP contribution in [0.25, 0.3) is 0 Å². The molecular weight excluding hydrogens is 254 g/mol. The van der Waals surface area contributed by atoms with Gasteiger partial charge in [0, 0.05) is 37.3 Å². The second kappa shape index (κ2) is 5.56. The summed E-state index contributed by atoms with van der Waals surface area (Å²) >= 11 is 0. The Bertz CT molecular complexity index is 497.